The molecule has 3 aromatic rings. The lowest BCUT2D eigenvalue weighted by Gasteiger charge is -2.18. The molecular weight excluding hydrogens is 413 g/mol. The molecule has 3 rings (SSSR count). The van der Waals surface area contributed by atoms with E-state index in [0.717, 1.165) is 38.1 Å². The summed E-state index contributed by atoms with van der Waals surface area (Å²) in [5.41, 5.74) is 1.08. The van der Waals surface area contributed by atoms with Gasteiger partial charge in [-0.15, -0.1) is 0 Å². The molecule has 0 radical (unpaired) electrons. The van der Waals surface area contributed by atoms with Gasteiger partial charge in [0.1, 0.15) is 5.82 Å². The number of halogens is 1. The van der Waals surface area contributed by atoms with Crippen LogP contribution in [0.5, 0.6) is 0 Å². The quantitative estimate of drug-likeness (QED) is 0.251. The average molecular weight is 442 g/mol. The largest absolute Gasteiger partial charge is 0.343 e. The molecule has 0 aliphatic heterocycles. The summed E-state index contributed by atoms with van der Waals surface area (Å²) >= 11 is 1.51. The summed E-state index contributed by atoms with van der Waals surface area (Å²) in [7, 11) is 0. The second-order valence-corrected chi connectivity index (χ2v) is 8.32. The molecule has 1 heterocycles. The third-order valence-electron chi connectivity index (χ3n) is 5.21. The lowest BCUT2D eigenvalue weighted by atomic mass is 10.2. The van der Waals surface area contributed by atoms with Crippen LogP contribution in [0.1, 0.15) is 39.5 Å². The van der Waals surface area contributed by atoms with Gasteiger partial charge in [0, 0.05) is 25.3 Å². The third kappa shape index (κ3) is 5.73. The van der Waals surface area contributed by atoms with E-state index in [2.05, 4.69) is 0 Å². The maximum absolute atomic E-state index is 13.4. The van der Waals surface area contributed by atoms with E-state index in [1.807, 2.05) is 36.9 Å². The number of fused-ring (bicyclic) bond motifs is 1. The van der Waals surface area contributed by atoms with Gasteiger partial charge in [-0.05, 0) is 63.1 Å². The van der Waals surface area contributed by atoms with Gasteiger partial charge >= 0.3 is 0 Å². The molecule has 1 aromatic heterocycles. The lowest BCUT2D eigenvalue weighted by Crippen LogP contribution is -2.30. The minimum Gasteiger partial charge on any atom is -0.343 e. The van der Waals surface area contributed by atoms with Crippen molar-refractivity contribution >= 4 is 28.6 Å². The monoisotopic (exact) mass is 441 g/mol. The molecule has 0 N–H and O–H groups in total. The molecule has 5 nitrogen and oxygen atoms in total. The Labute approximate surface area is 186 Å². The lowest BCUT2D eigenvalue weighted by molar-refractivity contribution is -0.130. The highest BCUT2D eigenvalue weighted by Crippen LogP contribution is 2.23. The molecule has 0 spiro atoms. The van der Waals surface area contributed by atoms with E-state index in [-0.39, 0.29) is 17.3 Å². The van der Waals surface area contributed by atoms with Crippen LogP contribution >= 0.6 is 11.8 Å². The number of thioether (sulfide) groups is 1. The molecule has 0 bridgehead atoms. The number of aromatic nitrogens is 2. The van der Waals surface area contributed by atoms with Crippen LogP contribution in [-0.2, 0) is 4.79 Å². The fraction of sp³-hybridized carbons (Fsp3) is 0.375. The van der Waals surface area contributed by atoms with E-state index in [1.54, 1.807) is 22.8 Å². The summed E-state index contributed by atoms with van der Waals surface area (Å²) in [4.78, 5) is 31.8. The van der Waals surface area contributed by atoms with E-state index in [4.69, 9.17) is 4.98 Å². The molecule has 7 heteroatoms. The van der Waals surface area contributed by atoms with Crippen LogP contribution in [0.4, 0.5) is 4.39 Å². The maximum atomic E-state index is 13.4. The SMILES string of the molecule is CCN(CC)C(=O)CCCCCSc1nc2ccccc2c(=O)n1-c1ccc(F)cc1. The van der Waals surface area contributed by atoms with Crippen molar-refractivity contribution in [3.05, 3.63) is 64.7 Å². The van der Waals surface area contributed by atoms with E-state index in [0.29, 0.717) is 28.2 Å². The summed E-state index contributed by atoms with van der Waals surface area (Å²) < 4.78 is 14.9. The van der Waals surface area contributed by atoms with Crippen LogP contribution in [0.25, 0.3) is 16.6 Å². The fourth-order valence-electron chi connectivity index (χ4n) is 3.48. The van der Waals surface area contributed by atoms with Gasteiger partial charge in [0.05, 0.1) is 16.6 Å². The number of unbranched alkanes of at least 4 members (excludes halogenated alkanes) is 2. The van der Waals surface area contributed by atoms with Gasteiger partial charge in [0.25, 0.3) is 5.56 Å². The minimum atomic E-state index is -0.348. The summed E-state index contributed by atoms with van der Waals surface area (Å²) in [5.74, 6) is 0.642. The van der Waals surface area contributed by atoms with Gasteiger partial charge in [0.2, 0.25) is 5.91 Å². The number of nitrogens with zero attached hydrogens (tertiary/aromatic N) is 3. The van der Waals surface area contributed by atoms with Crippen LogP contribution in [0, 0.1) is 5.82 Å². The Hall–Kier alpha value is -2.67. The zero-order valence-corrected chi connectivity index (χ0v) is 18.8. The Bertz CT molecular complexity index is 1080. The molecule has 164 valence electrons. The maximum Gasteiger partial charge on any atom is 0.266 e. The Kier molecular flexibility index (Phi) is 8.23. The molecule has 0 saturated heterocycles. The number of carbonyl (C=O) groups is 1. The van der Waals surface area contributed by atoms with Gasteiger partial charge in [0.15, 0.2) is 5.16 Å². The normalized spacial score (nSPS) is 11.1. The highest BCUT2D eigenvalue weighted by Gasteiger charge is 2.13. The van der Waals surface area contributed by atoms with Crippen LogP contribution in [0.3, 0.4) is 0 Å². The first-order valence-electron chi connectivity index (χ1n) is 10.7. The highest BCUT2D eigenvalue weighted by atomic mass is 32.2. The molecule has 0 aliphatic rings. The van der Waals surface area contributed by atoms with Gasteiger partial charge in [-0.2, -0.15) is 0 Å². The Morgan fingerprint density at radius 2 is 1.74 bits per heavy atom. The number of para-hydroxylation sites is 1. The molecule has 0 saturated carbocycles. The topological polar surface area (TPSA) is 55.2 Å². The highest BCUT2D eigenvalue weighted by molar-refractivity contribution is 7.99. The number of hydrogen-bond acceptors (Lipinski definition) is 4. The predicted molar refractivity (Wildman–Crippen MR) is 124 cm³/mol. The summed E-state index contributed by atoms with van der Waals surface area (Å²) in [6.07, 6.45) is 3.28. The number of benzene rings is 2. The molecule has 0 fully saturated rings. The first-order valence-corrected chi connectivity index (χ1v) is 11.7. The molecular formula is C24H28FN3O2S. The van der Waals surface area contributed by atoms with Gasteiger partial charge in [-0.25, -0.2) is 9.37 Å². The molecule has 0 unspecified atom stereocenters. The van der Waals surface area contributed by atoms with E-state index >= 15 is 0 Å². The van der Waals surface area contributed by atoms with E-state index in [9.17, 15) is 14.0 Å². The van der Waals surface area contributed by atoms with Crippen molar-refractivity contribution in [3.63, 3.8) is 0 Å². The van der Waals surface area contributed by atoms with Crippen LogP contribution in [-0.4, -0.2) is 39.2 Å². The summed E-state index contributed by atoms with van der Waals surface area (Å²) in [6.45, 7) is 5.49. The van der Waals surface area contributed by atoms with Crippen molar-refractivity contribution in [3.8, 4) is 5.69 Å². The molecule has 0 atom stereocenters. The van der Waals surface area contributed by atoms with Gasteiger partial charge in [-0.1, -0.05) is 30.3 Å². The molecule has 2 aromatic carbocycles. The van der Waals surface area contributed by atoms with Crippen LogP contribution in [0.2, 0.25) is 0 Å². The van der Waals surface area contributed by atoms with Gasteiger partial charge in [-0.3, -0.25) is 14.2 Å². The second-order valence-electron chi connectivity index (χ2n) is 7.25. The van der Waals surface area contributed by atoms with Crippen molar-refractivity contribution in [1.29, 1.82) is 0 Å². The van der Waals surface area contributed by atoms with Crippen molar-refractivity contribution < 1.29 is 9.18 Å². The number of rotatable bonds is 10. The van der Waals surface area contributed by atoms with Crippen LogP contribution < -0.4 is 5.56 Å². The van der Waals surface area contributed by atoms with E-state index in [1.165, 1.54) is 23.9 Å². The Morgan fingerprint density at radius 1 is 1.03 bits per heavy atom. The summed E-state index contributed by atoms with van der Waals surface area (Å²) in [6, 6.07) is 13.1. The van der Waals surface area contributed by atoms with Crippen molar-refractivity contribution in [2.45, 2.75) is 44.7 Å². The summed E-state index contributed by atoms with van der Waals surface area (Å²) in [5, 5.41) is 1.13. The smallest absolute Gasteiger partial charge is 0.266 e. The second kappa shape index (κ2) is 11.1. The third-order valence-corrected chi connectivity index (χ3v) is 6.24. The first-order chi connectivity index (χ1) is 15.0. The first kappa shape index (κ1) is 23.0. The zero-order valence-electron chi connectivity index (χ0n) is 18.0. The van der Waals surface area contributed by atoms with Crippen LogP contribution in [0.15, 0.2) is 58.5 Å². The van der Waals surface area contributed by atoms with Crippen molar-refractivity contribution in [2.75, 3.05) is 18.8 Å². The number of carbonyl (C=O) groups excluding carboxylic acids is 1. The minimum absolute atomic E-state index is 0.162. The molecule has 1 amide bonds. The zero-order chi connectivity index (χ0) is 22.2. The van der Waals surface area contributed by atoms with Gasteiger partial charge < -0.3 is 4.90 Å². The number of amides is 1. The average Bonchev–Trinajstić information content (AvgIpc) is 2.78. The standard InChI is InChI=1S/C24H28FN3O2S/c1-3-27(4-2)22(29)12-6-5-9-17-31-24-26-21-11-8-7-10-20(21)23(30)28(24)19-15-13-18(25)14-16-19/h7-8,10-11,13-16H,3-6,9,12,17H2,1-2H3. The number of hydrogen-bond donors (Lipinski definition) is 0. The van der Waals surface area contributed by atoms with Crippen molar-refractivity contribution in [2.24, 2.45) is 0 Å². The fourth-order valence-corrected chi connectivity index (χ4v) is 4.49. The Balaban J connectivity index is 1.70. The predicted octanol–water partition coefficient (Wildman–Crippen LogP) is 5.05. The molecule has 31 heavy (non-hydrogen) atoms. The van der Waals surface area contributed by atoms with E-state index < -0.39 is 0 Å². The van der Waals surface area contributed by atoms with Crippen molar-refractivity contribution in [1.82, 2.24) is 14.5 Å². The Morgan fingerprint density at radius 3 is 2.45 bits per heavy atom. The molecule has 0 aliphatic carbocycles.